The zero-order valence-corrected chi connectivity index (χ0v) is 9.90. The molecule has 1 N–H and O–H groups in total. The molecule has 9 nitrogen and oxygen atoms in total. The Morgan fingerprint density at radius 2 is 2.16 bits per heavy atom. The molecule has 2 heterocycles. The maximum atomic E-state index is 11.9. The summed E-state index contributed by atoms with van der Waals surface area (Å²) in [6, 6.07) is 1.09. The van der Waals surface area contributed by atoms with E-state index in [2.05, 4.69) is 25.5 Å². The van der Waals surface area contributed by atoms with E-state index in [-0.39, 0.29) is 16.7 Å². The molecule has 10 heteroatoms. The van der Waals surface area contributed by atoms with E-state index < -0.39 is 16.5 Å². The van der Waals surface area contributed by atoms with Gasteiger partial charge in [0.05, 0.1) is 17.3 Å². The zero-order valence-electron chi connectivity index (χ0n) is 9.15. The predicted molar refractivity (Wildman–Crippen MR) is 63.7 cm³/mol. The minimum absolute atomic E-state index is 0.0390. The van der Waals surface area contributed by atoms with Crippen LogP contribution in [-0.4, -0.2) is 31.0 Å². The molecule has 2 rings (SSSR count). The average Bonchev–Trinajstić information content (AvgIpc) is 2.39. The van der Waals surface area contributed by atoms with Crippen LogP contribution in [0.25, 0.3) is 0 Å². The van der Waals surface area contributed by atoms with Gasteiger partial charge < -0.3 is 0 Å². The third-order valence-electron chi connectivity index (χ3n) is 2.00. The second-order valence-corrected chi connectivity index (χ2v) is 3.59. The lowest BCUT2D eigenvalue weighted by atomic mass is 10.2. The van der Waals surface area contributed by atoms with Crippen LogP contribution in [0.5, 0.6) is 0 Å². The van der Waals surface area contributed by atoms with Crippen molar-refractivity contribution in [1.82, 2.24) is 20.2 Å². The topological polar surface area (TPSA) is 124 Å². The van der Waals surface area contributed by atoms with E-state index in [1.807, 2.05) is 0 Å². The normalized spacial score (nSPS) is 9.95. The molecule has 0 spiro atoms. The van der Waals surface area contributed by atoms with Gasteiger partial charge >= 0.3 is 0 Å². The minimum Gasteiger partial charge on any atom is -0.289 e. The van der Waals surface area contributed by atoms with E-state index in [1.165, 1.54) is 12.4 Å². The first-order valence-electron chi connectivity index (χ1n) is 4.83. The van der Waals surface area contributed by atoms with Crippen molar-refractivity contribution in [3.05, 3.63) is 45.5 Å². The van der Waals surface area contributed by atoms with Crippen molar-refractivity contribution in [2.75, 3.05) is 5.32 Å². The Morgan fingerprint density at radius 1 is 1.37 bits per heavy atom. The first kappa shape index (κ1) is 12.8. The molecule has 2 aromatic rings. The number of pyridine rings is 1. The van der Waals surface area contributed by atoms with Gasteiger partial charge in [-0.15, -0.1) is 5.10 Å². The lowest BCUT2D eigenvalue weighted by Gasteiger charge is -2.03. The average molecular weight is 281 g/mol. The SMILES string of the molecule is O=C(Nc1nccnn1)c1cc(Cl)ncc1[N+](=O)[O-]. The van der Waals surface area contributed by atoms with E-state index in [0.717, 1.165) is 12.3 Å². The second-order valence-electron chi connectivity index (χ2n) is 3.20. The highest BCUT2D eigenvalue weighted by Gasteiger charge is 2.22. The summed E-state index contributed by atoms with van der Waals surface area (Å²) >= 11 is 5.61. The van der Waals surface area contributed by atoms with Crippen molar-refractivity contribution < 1.29 is 9.72 Å². The highest BCUT2D eigenvalue weighted by molar-refractivity contribution is 6.30. The summed E-state index contributed by atoms with van der Waals surface area (Å²) in [5.41, 5.74) is -0.705. The maximum absolute atomic E-state index is 11.9. The van der Waals surface area contributed by atoms with Crippen LogP contribution in [0.3, 0.4) is 0 Å². The van der Waals surface area contributed by atoms with Crippen LogP contribution >= 0.6 is 11.6 Å². The molecule has 1 amide bonds. The number of rotatable bonds is 3. The molecule has 0 radical (unpaired) electrons. The zero-order chi connectivity index (χ0) is 13.8. The van der Waals surface area contributed by atoms with E-state index in [0.29, 0.717) is 0 Å². The van der Waals surface area contributed by atoms with Crippen LogP contribution in [0.1, 0.15) is 10.4 Å². The fourth-order valence-electron chi connectivity index (χ4n) is 1.22. The summed E-state index contributed by atoms with van der Waals surface area (Å²) in [4.78, 5) is 29.2. The summed E-state index contributed by atoms with van der Waals surface area (Å²) < 4.78 is 0. The van der Waals surface area contributed by atoms with Crippen molar-refractivity contribution in [3.8, 4) is 0 Å². The first-order chi connectivity index (χ1) is 9.08. The molecule has 0 saturated heterocycles. The third kappa shape index (κ3) is 2.96. The summed E-state index contributed by atoms with van der Waals surface area (Å²) in [6.07, 6.45) is 3.54. The van der Waals surface area contributed by atoms with E-state index in [1.54, 1.807) is 0 Å². The van der Waals surface area contributed by atoms with Gasteiger partial charge in [-0.25, -0.2) is 9.97 Å². The van der Waals surface area contributed by atoms with Gasteiger partial charge in [0.15, 0.2) is 0 Å². The molecule has 2 aromatic heterocycles. The highest BCUT2D eigenvalue weighted by Crippen LogP contribution is 2.20. The predicted octanol–water partition coefficient (Wildman–Crippen LogP) is 1.08. The molecular formula is C9H5ClN6O3. The molecule has 0 atom stereocenters. The number of hydrogen-bond acceptors (Lipinski definition) is 7. The van der Waals surface area contributed by atoms with Gasteiger partial charge in [-0.1, -0.05) is 11.6 Å². The highest BCUT2D eigenvalue weighted by atomic mass is 35.5. The Morgan fingerprint density at radius 3 is 2.79 bits per heavy atom. The maximum Gasteiger partial charge on any atom is 0.300 e. The lowest BCUT2D eigenvalue weighted by molar-refractivity contribution is -0.385. The van der Waals surface area contributed by atoms with Crippen molar-refractivity contribution in [2.24, 2.45) is 0 Å². The fraction of sp³-hybridized carbons (Fsp3) is 0. The molecule has 0 saturated carbocycles. The second kappa shape index (κ2) is 5.31. The summed E-state index contributed by atoms with van der Waals surface area (Å²) in [5.74, 6) is -0.848. The Balaban J connectivity index is 2.33. The number of halogens is 1. The summed E-state index contributed by atoms with van der Waals surface area (Å²) in [6.45, 7) is 0. The summed E-state index contributed by atoms with van der Waals surface area (Å²) in [5, 5.41) is 20.1. The number of hydrogen-bond donors (Lipinski definition) is 1. The van der Waals surface area contributed by atoms with Crippen molar-refractivity contribution in [2.45, 2.75) is 0 Å². The van der Waals surface area contributed by atoms with Crippen LogP contribution in [0.15, 0.2) is 24.7 Å². The Hall–Kier alpha value is -2.68. The quantitative estimate of drug-likeness (QED) is 0.506. The molecule has 0 fully saturated rings. The lowest BCUT2D eigenvalue weighted by Crippen LogP contribution is -2.16. The van der Waals surface area contributed by atoms with Crippen LogP contribution in [-0.2, 0) is 0 Å². The number of nitro groups is 1. The molecule has 0 aliphatic rings. The van der Waals surface area contributed by atoms with Gasteiger partial charge in [-0.05, 0) is 6.07 Å². The number of carbonyl (C=O) groups excluding carboxylic acids is 1. The Kier molecular flexibility index (Phi) is 3.57. The van der Waals surface area contributed by atoms with E-state index in [4.69, 9.17) is 11.6 Å². The van der Waals surface area contributed by atoms with Crippen LogP contribution in [0.4, 0.5) is 11.6 Å². The molecule has 96 valence electrons. The largest absolute Gasteiger partial charge is 0.300 e. The van der Waals surface area contributed by atoms with Gasteiger partial charge in [0.25, 0.3) is 11.6 Å². The number of anilines is 1. The third-order valence-corrected chi connectivity index (χ3v) is 2.21. The first-order valence-corrected chi connectivity index (χ1v) is 5.20. The number of amides is 1. The van der Waals surface area contributed by atoms with Crippen LogP contribution in [0.2, 0.25) is 5.15 Å². The van der Waals surface area contributed by atoms with Gasteiger partial charge in [0.1, 0.15) is 16.9 Å². The van der Waals surface area contributed by atoms with Gasteiger partial charge in [-0.2, -0.15) is 5.10 Å². The summed E-state index contributed by atoms with van der Waals surface area (Å²) in [7, 11) is 0. The van der Waals surface area contributed by atoms with E-state index >= 15 is 0 Å². The van der Waals surface area contributed by atoms with Gasteiger partial charge in [0.2, 0.25) is 5.95 Å². The van der Waals surface area contributed by atoms with Crippen molar-refractivity contribution >= 4 is 29.1 Å². The number of nitrogens with zero attached hydrogens (tertiary/aromatic N) is 5. The minimum atomic E-state index is -0.774. The monoisotopic (exact) mass is 280 g/mol. The molecule has 0 aromatic carbocycles. The smallest absolute Gasteiger partial charge is 0.289 e. The molecular weight excluding hydrogens is 276 g/mol. The van der Waals surface area contributed by atoms with Gasteiger partial charge in [-0.3, -0.25) is 20.2 Å². The number of aromatic nitrogens is 4. The number of nitrogens with one attached hydrogen (secondary N) is 1. The van der Waals surface area contributed by atoms with Crippen molar-refractivity contribution in [3.63, 3.8) is 0 Å². The molecule has 0 aliphatic heterocycles. The molecule has 0 bridgehead atoms. The van der Waals surface area contributed by atoms with E-state index in [9.17, 15) is 14.9 Å². The fourth-order valence-corrected chi connectivity index (χ4v) is 1.38. The van der Waals surface area contributed by atoms with Crippen molar-refractivity contribution in [1.29, 1.82) is 0 Å². The van der Waals surface area contributed by atoms with Gasteiger partial charge in [0, 0.05) is 0 Å². The van der Waals surface area contributed by atoms with Crippen LogP contribution in [0, 0.1) is 10.1 Å². The Labute approximate surface area is 110 Å². The van der Waals surface area contributed by atoms with Crippen LogP contribution < -0.4 is 5.32 Å². The Bertz CT molecular complexity index is 635. The number of carbonyl (C=O) groups is 1. The molecule has 19 heavy (non-hydrogen) atoms. The molecule has 0 unspecified atom stereocenters. The standard InChI is InChI=1S/C9H5ClN6O3/c10-7-3-5(6(4-12-7)16(18)19)8(17)14-9-11-1-2-13-15-9/h1-4H,(H,11,14,15,17). The molecule has 0 aliphatic carbocycles.